The van der Waals surface area contributed by atoms with Crippen molar-refractivity contribution in [2.45, 2.75) is 39.0 Å². The monoisotopic (exact) mass is 523 g/mol. The van der Waals surface area contributed by atoms with Gasteiger partial charge in [0, 0.05) is 37.9 Å². The SMILES string of the molecule is CC(C)(C)OC(=O)Nc1cccc(OCC(=O)NC[C@H]2CN(Cc3ccc(Cl)c(Cl)c3)CCO2)c1. The predicted molar refractivity (Wildman–Crippen MR) is 136 cm³/mol. The molecule has 0 radical (unpaired) electrons. The summed E-state index contributed by atoms with van der Waals surface area (Å²) in [5, 5.41) is 6.57. The van der Waals surface area contributed by atoms with Gasteiger partial charge in [0.2, 0.25) is 0 Å². The Hall–Kier alpha value is -2.52. The van der Waals surface area contributed by atoms with Crippen molar-refractivity contribution in [1.82, 2.24) is 10.2 Å². The molecule has 2 aromatic carbocycles. The van der Waals surface area contributed by atoms with Gasteiger partial charge in [-0.3, -0.25) is 15.0 Å². The number of ether oxygens (including phenoxy) is 3. The van der Waals surface area contributed by atoms with E-state index in [1.807, 2.05) is 12.1 Å². The molecule has 1 fully saturated rings. The molecule has 1 aliphatic rings. The third kappa shape index (κ3) is 9.57. The molecule has 0 bridgehead atoms. The van der Waals surface area contributed by atoms with Crippen molar-refractivity contribution >= 4 is 40.9 Å². The van der Waals surface area contributed by atoms with Crippen LogP contribution in [0.1, 0.15) is 26.3 Å². The van der Waals surface area contributed by atoms with Gasteiger partial charge in [-0.1, -0.05) is 35.3 Å². The van der Waals surface area contributed by atoms with E-state index in [9.17, 15) is 9.59 Å². The highest BCUT2D eigenvalue weighted by Crippen LogP contribution is 2.24. The van der Waals surface area contributed by atoms with E-state index >= 15 is 0 Å². The van der Waals surface area contributed by atoms with Gasteiger partial charge in [-0.2, -0.15) is 0 Å². The third-order valence-electron chi connectivity index (χ3n) is 4.99. The fourth-order valence-corrected chi connectivity index (χ4v) is 3.78. The number of amides is 2. The van der Waals surface area contributed by atoms with Crippen LogP contribution in [0.3, 0.4) is 0 Å². The fraction of sp³-hybridized carbons (Fsp3) is 0.440. The van der Waals surface area contributed by atoms with Crippen LogP contribution in [0.15, 0.2) is 42.5 Å². The van der Waals surface area contributed by atoms with E-state index in [2.05, 4.69) is 15.5 Å². The average molecular weight is 524 g/mol. The highest BCUT2D eigenvalue weighted by Gasteiger charge is 2.21. The number of morpholine rings is 1. The maximum Gasteiger partial charge on any atom is 0.412 e. The lowest BCUT2D eigenvalue weighted by molar-refractivity contribution is -0.124. The minimum Gasteiger partial charge on any atom is -0.484 e. The highest BCUT2D eigenvalue weighted by atomic mass is 35.5. The van der Waals surface area contributed by atoms with Crippen molar-refractivity contribution in [1.29, 1.82) is 0 Å². The summed E-state index contributed by atoms with van der Waals surface area (Å²) < 4.78 is 16.6. The van der Waals surface area contributed by atoms with Crippen molar-refractivity contribution in [3.05, 3.63) is 58.1 Å². The van der Waals surface area contributed by atoms with Gasteiger partial charge in [-0.15, -0.1) is 0 Å². The molecule has 1 saturated heterocycles. The zero-order valence-electron chi connectivity index (χ0n) is 20.1. The van der Waals surface area contributed by atoms with Gasteiger partial charge < -0.3 is 19.5 Å². The number of anilines is 1. The molecule has 0 aromatic heterocycles. The highest BCUT2D eigenvalue weighted by molar-refractivity contribution is 6.42. The first-order chi connectivity index (χ1) is 16.6. The molecule has 8 nitrogen and oxygen atoms in total. The Morgan fingerprint density at radius 3 is 2.69 bits per heavy atom. The zero-order chi connectivity index (χ0) is 25.4. The van der Waals surface area contributed by atoms with Crippen LogP contribution in [-0.2, 0) is 20.8 Å². The smallest absolute Gasteiger partial charge is 0.412 e. The number of halogens is 2. The summed E-state index contributed by atoms with van der Waals surface area (Å²) in [6, 6.07) is 12.4. The molecule has 3 rings (SSSR count). The van der Waals surface area contributed by atoms with E-state index in [1.54, 1.807) is 51.1 Å². The number of hydrogen-bond donors (Lipinski definition) is 2. The largest absolute Gasteiger partial charge is 0.484 e. The van der Waals surface area contributed by atoms with Crippen molar-refractivity contribution in [2.75, 3.05) is 38.2 Å². The zero-order valence-corrected chi connectivity index (χ0v) is 21.6. The van der Waals surface area contributed by atoms with Crippen LogP contribution in [0.4, 0.5) is 10.5 Å². The average Bonchev–Trinajstić information content (AvgIpc) is 2.78. The maximum atomic E-state index is 12.3. The Morgan fingerprint density at radius 2 is 1.94 bits per heavy atom. The molecule has 0 aliphatic carbocycles. The van der Waals surface area contributed by atoms with Crippen molar-refractivity contribution in [2.24, 2.45) is 0 Å². The molecule has 0 spiro atoms. The van der Waals surface area contributed by atoms with Crippen LogP contribution >= 0.6 is 23.2 Å². The lowest BCUT2D eigenvalue weighted by atomic mass is 10.2. The molecule has 35 heavy (non-hydrogen) atoms. The van der Waals surface area contributed by atoms with E-state index in [-0.39, 0.29) is 18.6 Å². The fourth-order valence-electron chi connectivity index (χ4n) is 3.46. The number of hydrogen-bond acceptors (Lipinski definition) is 6. The molecule has 2 aromatic rings. The van der Waals surface area contributed by atoms with E-state index < -0.39 is 11.7 Å². The van der Waals surface area contributed by atoms with Gasteiger partial charge in [-0.25, -0.2) is 4.79 Å². The summed E-state index contributed by atoms with van der Waals surface area (Å²) in [4.78, 5) is 26.5. The molecule has 1 atom stereocenters. The molecule has 0 saturated carbocycles. The minimum atomic E-state index is -0.598. The summed E-state index contributed by atoms with van der Waals surface area (Å²) in [5.74, 6) is 0.191. The van der Waals surface area contributed by atoms with Crippen LogP contribution in [0.2, 0.25) is 10.0 Å². The van der Waals surface area contributed by atoms with Crippen LogP contribution in [0.5, 0.6) is 5.75 Å². The van der Waals surface area contributed by atoms with E-state index in [0.29, 0.717) is 41.2 Å². The quantitative estimate of drug-likeness (QED) is 0.519. The molecule has 10 heteroatoms. The van der Waals surface area contributed by atoms with Gasteiger partial charge in [0.05, 0.1) is 22.8 Å². The molecule has 1 heterocycles. The number of nitrogens with one attached hydrogen (secondary N) is 2. The van der Waals surface area contributed by atoms with Crippen molar-refractivity contribution < 1.29 is 23.8 Å². The van der Waals surface area contributed by atoms with Gasteiger partial charge >= 0.3 is 6.09 Å². The van der Waals surface area contributed by atoms with E-state index in [1.165, 1.54) is 0 Å². The molecule has 2 N–H and O–H groups in total. The molecular weight excluding hydrogens is 493 g/mol. The molecule has 1 aliphatic heterocycles. The maximum absolute atomic E-state index is 12.3. The predicted octanol–water partition coefficient (Wildman–Crippen LogP) is 4.74. The van der Waals surface area contributed by atoms with Gasteiger partial charge in [0.15, 0.2) is 6.61 Å². The third-order valence-corrected chi connectivity index (χ3v) is 5.73. The number of benzene rings is 2. The second-order valence-electron chi connectivity index (χ2n) is 9.22. The summed E-state index contributed by atoms with van der Waals surface area (Å²) in [6.45, 7) is 8.36. The van der Waals surface area contributed by atoms with Gasteiger partial charge in [0.1, 0.15) is 11.4 Å². The van der Waals surface area contributed by atoms with Gasteiger partial charge in [-0.05, 0) is 50.6 Å². The number of carbonyl (C=O) groups excluding carboxylic acids is 2. The first-order valence-electron chi connectivity index (χ1n) is 11.3. The van der Waals surface area contributed by atoms with E-state index in [0.717, 1.165) is 18.7 Å². The van der Waals surface area contributed by atoms with Crippen LogP contribution < -0.4 is 15.4 Å². The van der Waals surface area contributed by atoms with Crippen LogP contribution in [-0.4, -0.2) is 61.5 Å². The first kappa shape index (κ1) is 27.1. The van der Waals surface area contributed by atoms with E-state index in [4.69, 9.17) is 37.4 Å². The Labute approximate surface area is 215 Å². The molecule has 0 unspecified atom stereocenters. The topological polar surface area (TPSA) is 89.1 Å². The summed E-state index contributed by atoms with van der Waals surface area (Å²) >= 11 is 12.1. The normalized spacial score (nSPS) is 16.4. The van der Waals surface area contributed by atoms with Crippen molar-refractivity contribution in [3.8, 4) is 5.75 Å². The number of carbonyl (C=O) groups is 2. The Kier molecular flexibility index (Phi) is 9.63. The summed E-state index contributed by atoms with van der Waals surface area (Å²) in [7, 11) is 0. The lowest BCUT2D eigenvalue weighted by Crippen LogP contribution is -2.47. The van der Waals surface area contributed by atoms with Gasteiger partial charge in [0.25, 0.3) is 5.91 Å². The van der Waals surface area contributed by atoms with Crippen molar-refractivity contribution in [3.63, 3.8) is 0 Å². The van der Waals surface area contributed by atoms with Crippen LogP contribution in [0, 0.1) is 0 Å². The number of nitrogens with zero attached hydrogens (tertiary/aromatic N) is 1. The second-order valence-corrected chi connectivity index (χ2v) is 10.0. The first-order valence-corrected chi connectivity index (χ1v) is 12.1. The molecular formula is C25H31Cl2N3O5. The standard InChI is InChI=1S/C25H31Cl2N3O5/c1-25(2,3)35-24(32)29-18-5-4-6-19(12-18)34-16-23(31)28-13-20-15-30(9-10-33-20)14-17-7-8-21(26)22(27)11-17/h4-8,11-12,20H,9-10,13-16H2,1-3H3,(H,28,31)(H,29,32)/t20-/m0/s1. The molecule has 2 amide bonds. The Bertz CT molecular complexity index is 1030. The summed E-state index contributed by atoms with van der Waals surface area (Å²) in [5.41, 5.74) is 0.981. The van der Waals surface area contributed by atoms with Crippen LogP contribution in [0.25, 0.3) is 0 Å². The second kappa shape index (κ2) is 12.4. The Morgan fingerprint density at radius 1 is 1.14 bits per heavy atom. The lowest BCUT2D eigenvalue weighted by Gasteiger charge is -2.33. The number of rotatable bonds is 8. The minimum absolute atomic E-state index is 0.128. The summed E-state index contributed by atoms with van der Waals surface area (Å²) in [6.07, 6.45) is -0.690. The Balaban J connectivity index is 1.40. The molecule has 190 valence electrons.